The second kappa shape index (κ2) is 11.5. The molecule has 234 valence electrons. The molecule has 0 radical (unpaired) electrons. The average Bonchev–Trinajstić information content (AvgIpc) is 3.82. The van der Waals surface area contributed by atoms with E-state index in [2.05, 4.69) is 0 Å². The van der Waals surface area contributed by atoms with Crippen molar-refractivity contribution in [3.63, 3.8) is 0 Å². The standard InChI is InChI=1S/C48H32N2/c1-3-11-33(12-4-1)35-19-25-39(26-20-35)49-45-17-9-7-15-41(45)43-31-37(23-29-47(43)49)38-24-30-48-44(32-38)42-16-8-10-18-46(42)50(48)40-27-21-36(22-28-40)34-13-5-2-6-14-34/h1-32H/i7D,8D,11D,13D,15D,16D,17D,18D,25D,27D,29D,30D,31D,32D. The molecule has 0 atom stereocenters. The lowest BCUT2D eigenvalue weighted by molar-refractivity contribution is 1.18. The van der Waals surface area contributed by atoms with Crippen LogP contribution in [0.4, 0.5) is 0 Å². The molecule has 0 unspecified atom stereocenters. The highest BCUT2D eigenvalue weighted by Crippen LogP contribution is 2.38. The van der Waals surface area contributed by atoms with Gasteiger partial charge in [0.25, 0.3) is 0 Å². The minimum Gasteiger partial charge on any atom is -0.309 e. The molecule has 0 aliphatic heterocycles. The molecule has 2 nitrogen and oxygen atoms in total. The van der Waals surface area contributed by atoms with Crippen LogP contribution in [0, 0.1) is 0 Å². The number of hydrogen-bond donors (Lipinski definition) is 0. The largest absolute Gasteiger partial charge is 0.309 e. The van der Waals surface area contributed by atoms with Crippen molar-refractivity contribution in [1.82, 2.24) is 9.13 Å². The Morgan fingerprint density at radius 1 is 0.300 bits per heavy atom. The lowest BCUT2D eigenvalue weighted by Gasteiger charge is -2.11. The van der Waals surface area contributed by atoms with Crippen LogP contribution in [0.15, 0.2) is 194 Å². The van der Waals surface area contributed by atoms with Crippen molar-refractivity contribution in [2.24, 2.45) is 0 Å². The van der Waals surface area contributed by atoms with Gasteiger partial charge in [0.2, 0.25) is 0 Å². The second-order valence-corrected chi connectivity index (χ2v) is 11.8. The first-order valence-corrected chi connectivity index (χ1v) is 16.0. The third-order valence-electron chi connectivity index (χ3n) is 8.93. The molecular formula is C48H32N2. The van der Waals surface area contributed by atoms with Crippen LogP contribution in [0.25, 0.3) is 88.4 Å². The predicted molar refractivity (Wildman–Crippen MR) is 211 cm³/mol. The number of para-hydroxylation sites is 2. The third-order valence-corrected chi connectivity index (χ3v) is 8.93. The van der Waals surface area contributed by atoms with E-state index in [9.17, 15) is 5.48 Å². The summed E-state index contributed by atoms with van der Waals surface area (Å²) in [7, 11) is 0. The first-order chi connectivity index (χ1) is 30.6. The maximum absolute atomic E-state index is 9.76. The highest BCUT2D eigenvalue weighted by atomic mass is 15.0. The minimum absolute atomic E-state index is 0.00640. The summed E-state index contributed by atoms with van der Waals surface area (Å²) in [5.41, 5.74) is 3.20. The number of nitrogens with zero attached hydrogens (tertiary/aromatic N) is 2. The van der Waals surface area contributed by atoms with Crippen LogP contribution < -0.4 is 0 Å². The molecule has 2 heteroatoms. The molecule has 0 aliphatic rings. The Morgan fingerprint density at radius 2 is 0.760 bits per heavy atom. The molecule has 0 saturated carbocycles. The molecule has 10 aromatic rings. The normalized spacial score (nSPS) is 15.5. The summed E-state index contributed by atoms with van der Waals surface area (Å²) in [6, 6.07) is 26.7. The Labute approximate surface area is 310 Å². The Morgan fingerprint density at radius 3 is 1.22 bits per heavy atom. The number of rotatable bonds is 5. The van der Waals surface area contributed by atoms with E-state index in [4.69, 9.17) is 13.7 Å². The van der Waals surface area contributed by atoms with Crippen molar-refractivity contribution in [2.75, 3.05) is 0 Å². The van der Waals surface area contributed by atoms with E-state index in [1.807, 2.05) is 0 Å². The highest BCUT2D eigenvalue weighted by molar-refractivity contribution is 6.12. The zero-order valence-electron chi connectivity index (χ0n) is 40.3. The van der Waals surface area contributed by atoms with E-state index < -0.39 is 0 Å². The fraction of sp³-hybridized carbons (Fsp3) is 0. The SMILES string of the molecule is [2H]c1ccccc1-c1ccc(-n2c3c([2H])cc([2H])c([2H])c3c3c([2H])c(-c4cc([2H])c5c(c4[2H])c4c([2H])c([2H])cc([2H])c4n5-c4ccc(-c5ccccc5[2H])cc4[2H])cc([2H])c32)c([2H])c1. The molecule has 0 saturated heterocycles. The fourth-order valence-electron chi connectivity index (χ4n) is 6.59. The van der Waals surface area contributed by atoms with Gasteiger partial charge in [0, 0.05) is 32.9 Å². The van der Waals surface area contributed by atoms with Crippen LogP contribution in [-0.2, 0) is 0 Å². The number of benzene rings is 8. The van der Waals surface area contributed by atoms with Gasteiger partial charge in [0.15, 0.2) is 0 Å². The van der Waals surface area contributed by atoms with Gasteiger partial charge in [-0.05, 0) is 93.9 Å². The molecule has 2 aromatic heterocycles. The fourth-order valence-corrected chi connectivity index (χ4v) is 6.59. The Balaban J connectivity index is 1.26. The number of hydrogen-bond acceptors (Lipinski definition) is 0. The summed E-state index contributed by atoms with van der Waals surface area (Å²) in [5.74, 6) is 0. The molecule has 0 N–H and O–H groups in total. The molecule has 0 bridgehead atoms. The molecule has 0 aliphatic carbocycles. The molecular weight excluding hydrogens is 605 g/mol. The van der Waals surface area contributed by atoms with Crippen LogP contribution in [0.2, 0.25) is 0 Å². The lowest BCUT2D eigenvalue weighted by Crippen LogP contribution is -1.94. The predicted octanol–water partition coefficient (Wildman–Crippen LogP) is 12.9. The Hall–Kier alpha value is -6.64. The summed E-state index contributed by atoms with van der Waals surface area (Å²) in [6.07, 6.45) is 0. The van der Waals surface area contributed by atoms with Crippen molar-refractivity contribution >= 4 is 43.6 Å². The first-order valence-electron chi connectivity index (χ1n) is 23.0. The summed E-state index contributed by atoms with van der Waals surface area (Å²) in [4.78, 5) is 0. The van der Waals surface area contributed by atoms with E-state index in [-0.39, 0.29) is 151 Å². The van der Waals surface area contributed by atoms with Gasteiger partial charge in [-0.15, -0.1) is 0 Å². The average molecular weight is 651 g/mol. The van der Waals surface area contributed by atoms with Crippen LogP contribution in [0.3, 0.4) is 0 Å². The number of fused-ring (bicyclic) bond motifs is 6. The molecule has 0 fully saturated rings. The zero-order valence-corrected chi connectivity index (χ0v) is 26.3. The highest BCUT2D eigenvalue weighted by Gasteiger charge is 2.16. The van der Waals surface area contributed by atoms with Crippen molar-refractivity contribution < 1.29 is 19.2 Å². The van der Waals surface area contributed by atoms with Crippen LogP contribution >= 0.6 is 0 Å². The van der Waals surface area contributed by atoms with Crippen molar-refractivity contribution in [3.05, 3.63) is 194 Å². The maximum Gasteiger partial charge on any atom is 0.0645 e. The Kier molecular flexibility index (Phi) is 4.07. The van der Waals surface area contributed by atoms with Gasteiger partial charge in [0.1, 0.15) is 0 Å². The lowest BCUT2D eigenvalue weighted by atomic mass is 10.0. The van der Waals surface area contributed by atoms with Gasteiger partial charge in [-0.1, -0.05) is 133 Å². The summed E-state index contributed by atoms with van der Waals surface area (Å²) in [5, 5.41) is 0.0899. The molecule has 0 spiro atoms. The van der Waals surface area contributed by atoms with E-state index in [0.29, 0.717) is 22.3 Å². The van der Waals surface area contributed by atoms with Crippen LogP contribution in [-0.4, -0.2) is 9.13 Å². The molecule has 8 aromatic carbocycles. The van der Waals surface area contributed by atoms with E-state index in [1.54, 1.807) is 84.9 Å². The monoisotopic (exact) mass is 650 g/mol. The van der Waals surface area contributed by atoms with Crippen LogP contribution in [0.1, 0.15) is 19.2 Å². The second-order valence-electron chi connectivity index (χ2n) is 11.8. The van der Waals surface area contributed by atoms with Crippen LogP contribution in [0.5, 0.6) is 0 Å². The summed E-state index contributed by atoms with van der Waals surface area (Å²) < 4.78 is 130. The van der Waals surface area contributed by atoms with Gasteiger partial charge < -0.3 is 9.13 Å². The molecule has 50 heavy (non-hydrogen) atoms. The van der Waals surface area contributed by atoms with Gasteiger partial charge in [-0.2, -0.15) is 0 Å². The van der Waals surface area contributed by atoms with Gasteiger partial charge in [0.05, 0.1) is 41.3 Å². The zero-order chi connectivity index (χ0) is 45.2. The van der Waals surface area contributed by atoms with E-state index in [0.717, 1.165) is 0 Å². The van der Waals surface area contributed by atoms with E-state index >= 15 is 0 Å². The summed E-state index contributed by atoms with van der Waals surface area (Å²) >= 11 is 0. The minimum atomic E-state index is -0.315. The first kappa shape index (κ1) is 17.7. The Bertz CT molecular complexity index is 3440. The maximum atomic E-state index is 9.76. The number of aromatic nitrogens is 2. The van der Waals surface area contributed by atoms with E-state index in [1.165, 1.54) is 33.4 Å². The van der Waals surface area contributed by atoms with Crippen molar-refractivity contribution in [1.29, 1.82) is 0 Å². The molecule has 2 heterocycles. The van der Waals surface area contributed by atoms with Gasteiger partial charge in [-0.3, -0.25) is 0 Å². The summed E-state index contributed by atoms with van der Waals surface area (Å²) in [6.45, 7) is 0. The van der Waals surface area contributed by atoms with Gasteiger partial charge >= 0.3 is 0 Å². The third kappa shape index (κ3) is 4.57. The van der Waals surface area contributed by atoms with Gasteiger partial charge in [-0.25, -0.2) is 0 Å². The quantitative estimate of drug-likeness (QED) is 0.175. The molecule has 10 rings (SSSR count). The van der Waals surface area contributed by atoms with Crippen molar-refractivity contribution in [3.8, 4) is 44.8 Å². The smallest absolute Gasteiger partial charge is 0.0645 e. The topological polar surface area (TPSA) is 9.86 Å². The van der Waals surface area contributed by atoms with Crippen molar-refractivity contribution in [2.45, 2.75) is 0 Å². The molecule has 0 amide bonds.